The van der Waals surface area contributed by atoms with Crippen LogP contribution in [-0.4, -0.2) is 24.5 Å². The highest BCUT2D eigenvalue weighted by Crippen LogP contribution is 2.31. The molecule has 0 saturated heterocycles. The van der Waals surface area contributed by atoms with E-state index in [1.165, 1.54) is 7.11 Å². The van der Waals surface area contributed by atoms with Gasteiger partial charge in [0.25, 0.3) is 5.91 Å². The molecule has 6 nitrogen and oxygen atoms in total. The van der Waals surface area contributed by atoms with Gasteiger partial charge in [0.05, 0.1) is 7.11 Å². The third-order valence-corrected chi connectivity index (χ3v) is 4.99. The lowest BCUT2D eigenvalue weighted by atomic mass is 9.97. The summed E-state index contributed by atoms with van der Waals surface area (Å²) in [5, 5.41) is 2.80. The molecule has 138 valence electrons. The number of benzene rings is 1. The van der Waals surface area contributed by atoms with Gasteiger partial charge in [-0.05, 0) is 49.2 Å². The predicted molar refractivity (Wildman–Crippen MR) is 97.9 cm³/mol. The van der Waals surface area contributed by atoms with E-state index in [-0.39, 0.29) is 12.4 Å². The van der Waals surface area contributed by atoms with E-state index in [1.807, 2.05) is 24.3 Å². The zero-order chi connectivity index (χ0) is 18.6. The Morgan fingerprint density at radius 2 is 1.85 bits per heavy atom. The van der Waals surface area contributed by atoms with Crippen molar-refractivity contribution >= 4 is 27.8 Å². The molecule has 0 radical (unpaired) electrons. The molecule has 1 heterocycles. The van der Waals surface area contributed by atoms with Gasteiger partial charge in [-0.1, -0.05) is 28.8 Å². The molecule has 26 heavy (non-hydrogen) atoms. The molecule has 1 amide bonds. The van der Waals surface area contributed by atoms with Crippen LogP contribution < -0.4 is 10.1 Å². The fourth-order valence-corrected chi connectivity index (χ4v) is 3.36. The molecule has 7 heteroatoms. The van der Waals surface area contributed by atoms with Crippen LogP contribution in [0.3, 0.4) is 0 Å². The Labute approximate surface area is 160 Å². The highest BCUT2D eigenvalue weighted by Gasteiger charge is 2.44. The lowest BCUT2D eigenvalue weighted by Crippen LogP contribution is -2.53. The molecule has 1 saturated carbocycles. The summed E-state index contributed by atoms with van der Waals surface area (Å²) in [5.41, 5.74) is -0.952. The van der Waals surface area contributed by atoms with Crippen molar-refractivity contribution in [1.82, 2.24) is 5.32 Å². The van der Waals surface area contributed by atoms with Crippen LogP contribution in [0.5, 0.6) is 5.75 Å². The fourth-order valence-electron chi connectivity index (χ4n) is 3.10. The highest BCUT2D eigenvalue weighted by atomic mass is 79.9. The van der Waals surface area contributed by atoms with Gasteiger partial charge in [-0.2, -0.15) is 0 Å². The van der Waals surface area contributed by atoms with E-state index in [0.717, 1.165) is 17.3 Å². The number of nitrogens with one attached hydrogen (secondary N) is 1. The van der Waals surface area contributed by atoms with E-state index >= 15 is 0 Å². The van der Waals surface area contributed by atoms with Gasteiger partial charge in [0.1, 0.15) is 23.7 Å². The largest absolute Gasteiger partial charge is 0.486 e. The standard InChI is InChI=1S/C19H20BrNO5/c1-24-18(23)19(10-2-3-11-19)21-17(22)16-9-8-15(26-16)12-25-14-6-4-13(20)5-7-14/h4-9H,2-3,10-12H2,1H3,(H,21,22). The van der Waals surface area contributed by atoms with E-state index in [4.69, 9.17) is 13.9 Å². The summed E-state index contributed by atoms with van der Waals surface area (Å²) in [6, 6.07) is 10.7. The van der Waals surface area contributed by atoms with Crippen LogP contribution >= 0.6 is 15.9 Å². The van der Waals surface area contributed by atoms with Crippen LogP contribution in [0.2, 0.25) is 0 Å². The normalized spacial score (nSPS) is 15.5. The highest BCUT2D eigenvalue weighted by molar-refractivity contribution is 9.10. The van der Waals surface area contributed by atoms with Crippen molar-refractivity contribution in [2.75, 3.05) is 7.11 Å². The molecule has 1 aliphatic rings. The van der Waals surface area contributed by atoms with Crippen LogP contribution in [0.15, 0.2) is 45.3 Å². The quantitative estimate of drug-likeness (QED) is 0.716. The van der Waals surface area contributed by atoms with E-state index in [2.05, 4.69) is 21.2 Å². The average molecular weight is 422 g/mol. The predicted octanol–water partition coefficient (Wildman–Crippen LogP) is 3.84. The van der Waals surface area contributed by atoms with Gasteiger partial charge in [-0.25, -0.2) is 4.79 Å². The number of hydrogen-bond acceptors (Lipinski definition) is 5. The molecule has 3 rings (SSSR count). The van der Waals surface area contributed by atoms with E-state index < -0.39 is 17.4 Å². The summed E-state index contributed by atoms with van der Waals surface area (Å²) >= 11 is 3.36. The van der Waals surface area contributed by atoms with E-state index in [0.29, 0.717) is 24.4 Å². The number of furan rings is 1. The molecule has 0 unspecified atom stereocenters. The van der Waals surface area contributed by atoms with Crippen LogP contribution in [0.25, 0.3) is 0 Å². The molecule has 1 aromatic heterocycles. The van der Waals surface area contributed by atoms with Crippen LogP contribution in [0.1, 0.15) is 42.0 Å². The van der Waals surface area contributed by atoms with Crippen molar-refractivity contribution in [1.29, 1.82) is 0 Å². The van der Waals surface area contributed by atoms with Gasteiger partial charge in [0.2, 0.25) is 0 Å². The molecule has 1 N–H and O–H groups in total. The van der Waals surface area contributed by atoms with Gasteiger partial charge in [-0.3, -0.25) is 4.79 Å². The summed E-state index contributed by atoms with van der Waals surface area (Å²) in [4.78, 5) is 24.6. The van der Waals surface area contributed by atoms with Crippen molar-refractivity contribution in [3.05, 3.63) is 52.4 Å². The summed E-state index contributed by atoms with van der Waals surface area (Å²) in [5.74, 6) is 0.540. The number of ether oxygens (including phenoxy) is 2. The monoisotopic (exact) mass is 421 g/mol. The van der Waals surface area contributed by atoms with Crippen molar-refractivity contribution in [3.63, 3.8) is 0 Å². The number of rotatable bonds is 6. The van der Waals surface area contributed by atoms with E-state index in [1.54, 1.807) is 12.1 Å². The molecule has 0 atom stereocenters. The summed E-state index contributed by atoms with van der Waals surface area (Å²) < 4.78 is 17.0. The van der Waals surface area contributed by atoms with Gasteiger partial charge in [0, 0.05) is 4.47 Å². The van der Waals surface area contributed by atoms with Crippen molar-refractivity contribution in [3.8, 4) is 5.75 Å². The minimum atomic E-state index is -0.952. The lowest BCUT2D eigenvalue weighted by molar-refractivity contribution is -0.148. The van der Waals surface area contributed by atoms with Crippen molar-refractivity contribution < 1.29 is 23.5 Å². The number of carbonyl (C=O) groups is 2. The fraction of sp³-hybridized carbons (Fsp3) is 0.368. The molecule has 1 aromatic carbocycles. The molecule has 1 fully saturated rings. The third kappa shape index (κ3) is 4.09. The topological polar surface area (TPSA) is 77.8 Å². The zero-order valence-corrected chi connectivity index (χ0v) is 16.0. The zero-order valence-electron chi connectivity index (χ0n) is 14.4. The maximum Gasteiger partial charge on any atom is 0.331 e. The minimum absolute atomic E-state index is 0.148. The smallest absolute Gasteiger partial charge is 0.331 e. The second-order valence-corrected chi connectivity index (χ2v) is 7.16. The first kappa shape index (κ1) is 18.5. The Balaban J connectivity index is 1.62. The summed E-state index contributed by atoms with van der Waals surface area (Å²) in [6.45, 7) is 0.205. The maximum absolute atomic E-state index is 12.5. The molecular weight excluding hydrogens is 402 g/mol. The molecular formula is C19H20BrNO5. The number of halogens is 1. The number of hydrogen-bond donors (Lipinski definition) is 1. The first-order chi connectivity index (χ1) is 12.5. The molecule has 2 aromatic rings. The van der Waals surface area contributed by atoms with Gasteiger partial charge in [-0.15, -0.1) is 0 Å². The Morgan fingerprint density at radius 3 is 2.50 bits per heavy atom. The Morgan fingerprint density at radius 1 is 1.15 bits per heavy atom. The maximum atomic E-state index is 12.5. The minimum Gasteiger partial charge on any atom is -0.486 e. The van der Waals surface area contributed by atoms with Gasteiger partial charge < -0.3 is 19.2 Å². The van der Waals surface area contributed by atoms with Crippen molar-refractivity contribution in [2.24, 2.45) is 0 Å². The molecule has 0 spiro atoms. The number of esters is 1. The van der Waals surface area contributed by atoms with E-state index in [9.17, 15) is 9.59 Å². The van der Waals surface area contributed by atoms with Crippen LogP contribution in [0, 0.1) is 0 Å². The number of amides is 1. The molecule has 0 bridgehead atoms. The van der Waals surface area contributed by atoms with Gasteiger partial charge in [0.15, 0.2) is 5.76 Å². The molecule has 0 aliphatic heterocycles. The first-order valence-corrected chi connectivity index (χ1v) is 9.20. The molecule has 1 aliphatic carbocycles. The number of carbonyl (C=O) groups excluding carboxylic acids is 2. The lowest BCUT2D eigenvalue weighted by Gasteiger charge is -2.26. The van der Waals surface area contributed by atoms with Crippen LogP contribution in [0.4, 0.5) is 0 Å². The SMILES string of the molecule is COC(=O)C1(NC(=O)c2ccc(COc3ccc(Br)cc3)o2)CCCC1. The second kappa shape index (κ2) is 7.95. The average Bonchev–Trinajstić information content (AvgIpc) is 3.31. The Kier molecular flexibility index (Phi) is 5.66. The Hall–Kier alpha value is -2.28. The number of methoxy groups -OCH3 is 1. The second-order valence-electron chi connectivity index (χ2n) is 6.24. The summed E-state index contributed by atoms with van der Waals surface area (Å²) in [6.07, 6.45) is 2.90. The first-order valence-electron chi connectivity index (χ1n) is 8.40. The van der Waals surface area contributed by atoms with Gasteiger partial charge >= 0.3 is 5.97 Å². The Bertz CT molecular complexity index is 777. The van der Waals surface area contributed by atoms with Crippen molar-refractivity contribution in [2.45, 2.75) is 37.8 Å². The van der Waals surface area contributed by atoms with Crippen LogP contribution in [-0.2, 0) is 16.1 Å². The third-order valence-electron chi connectivity index (χ3n) is 4.47. The summed E-state index contributed by atoms with van der Waals surface area (Å²) in [7, 11) is 1.33.